The summed E-state index contributed by atoms with van der Waals surface area (Å²) >= 11 is 7.46. The number of benzene rings is 4. The SMILES string of the molecule is CCOc1cc(/C=c2/sc3n(c2=O)[C@H](c2ccc(Cl)cc2)C(C(=O)Nc2ccccc2)=C(C)N=3)ccc1OCc1ccccc1C#N. The van der Waals surface area contributed by atoms with Crippen molar-refractivity contribution in [2.24, 2.45) is 4.99 Å². The Balaban J connectivity index is 1.38. The lowest BCUT2D eigenvalue weighted by Gasteiger charge is -2.25. The molecule has 0 unspecified atom stereocenters. The van der Waals surface area contributed by atoms with Crippen LogP contribution in [-0.4, -0.2) is 17.1 Å². The van der Waals surface area contributed by atoms with Crippen molar-refractivity contribution in [1.82, 2.24) is 4.57 Å². The summed E-state index contributed by atoms with van der Waals surface area (Å²) in [5.41, 5.74) is 4.01. The highest BCUT2D eigenvalue weighted by atomic mass is 35.5. The molecule has 8 nitrogen and oxygen atoms in total. The number of carbonyl (C=O) groups excluding carboxylic acids is 1. The quantitative estimate of drug-likeness (QED) is 0.198. The fraction of sp³-hybridized carbons (Fsp3) is 0.135. The number of carbonyl (C=O) groups is 1. The first-order valence-electron chi connectivity index (χ1n) is 14.9. The molecule has 10 heteroatoms. The van der Waals surface area contributed by atoms with E-state index >= 15 is 0 Å². The van der Waals surface area contributed by atoms with Gasteiger partial charge < -0.3 is 14.8 Å². The van der Waals surface area contributed by atoms with E-state index in [1.54, 1.807) is 54.0 Å². The zero-order chi connectivity index (χ0) is 32.9. The van der Waals surface area contributed by atoms with Crippen molar-refractivity contribution in [1.29, 1.82) is 5.26 Å². The number of anilines is 1. The third kappa shape index (κ3) is 6.75. The summed E-state index contributed by atoms with van der Waals surface area (Å²) in [4.78, 5) is 33.1. The molecule has 4 aromatic carbocycles. The number of amides is 1. The van der Waals surface area contributed by atoms with Gasteiger partial charge in [-0.15, -0.1) is 0 Å². The molecule has 2 heterocycles. The summed E-state index contributed by atoms with van der Waals surface area (Å²) in [6.07, 6.45) is 1.78. The van der Waals surface area contributed by atoms with Crippen LogP contribution in [0, 0.1) is 11.3 Å². The lowest BCUT2D eigenvalue weighted by molar-refractivity contribution is -0.113. The number of para-hydroxylation sites is 1. The molecule has 1 amide bonds. The zero-order valence-corrected chi connectivity index (χ0v) is 27.1. The van der Waals surface area contributed by atoms with E-state index in [9.17, 15) is 14.9 Å². The second kappa shape index (κ2) is 13.9. The zero-order valence-electron chi connectivity index (χ0n) is 25.6. The van der Waals surface area contributed by atoms with E-state index in [0.717, 1.165) is 16.7 Å². The second-order valence-corrected chi connectivity index (χ2v) is 12.1. The molecule has 234 valence electrons. The number of nitriles is 1. The van der Waals surface area contributed by atoms with Gasteiger partial charge in [0.2, 0.25) is 0 Å². The Morgan fingerprint density at radius 2 is 1.77 bits per heavy atom. The fourth-order valence-corrected chi connectivity index (χ4v) is 6.53. The Hall–Kier alpha value is -5.43. The van der Waals surface area contributed by atoms with Crippen LogP contribution in [0.15, 0.2) is 118 Å². The minimum absolute atomic E-state index is 0.200. The number of fused-ring (bicyclic) bond motifs is 1. The Morgan fingerprint density at radius 1 is 1.02 bits per heavy atom. The Labute approximate surface area is 280 Å². The molecule has 0 spiro atoms. The van der Waals surface area contributed by atoms with Crippen LogP contribution in [0.1, 0.15) is 42.1 Å². The molecule has 0 saturated heterocycles. The molecular weight excluding hydrogens is 632 g/mol. The first-order valence-corrected chi connectivity index (χ1v) is 16.1. The van der Waals surface area contributed by atoms with Crippen LogP contribution >= 0.6 is 22.9 Å². The Kier molecular flexibility index (Phi) is 9.34. The summed E-state index contributed by atoms with van der Waals surface area (Å²) in [6, 6.07) is 30.5. The predicted octanol–water partition coefficient (Wildman–Crippen LogP) is 6.38. The number of nitrogens with zero attached hydrogens (tertiary/aromatic N) is 3. The lowest BCUT2D eigenvalue weighted by Crippen LogP contribution is -2.40. The first kappa shape index (κ1) is 31.5. The van der Waals surface area contributed by atoms with Crippen molar-refractivity contribution in [3.05, 3.63) is 155 Å². The molecule has 1 aromatic heterocycles. The smallest absolute Gasteiger partial charge is 0.271 e. The van der Waals surface area contributed by atoms with Crippen molar-refractivity contribution >= 4 is 40.6 Å². The molecule has 5 aromatic rings. The first-order chi connectivity index (χ1) is 22.9. The molecule has 6 rings (SSSR count). The van der Waals surface area contributed by atoms with E-state index in [-0.39, 0.29) is 18.1 Å². The van der Waals surface area contributed by atoms with Crippen LogP contribution in [0.5, 0.6) is 11.5 Å². The third-order valence-electron chi connectivity index (χ3n) is 7.57. The van der Waals surface area contributed by atoms with Gasteiger partial charge in [-0.25, -0.2) is 4.99 Å². The van der Waals surface area contributed by atoms with E-state index in [1.807, 2.05) is 67.6 Å². The third-order valence-corrected chi connectivity index (χ3v) is 8.80. The van der Waals surface area contributed by atoms with E-state index in [4.69, 9.17) is 26.1 Å². The normalized spacial score (nSPS) is 14.2. The highest BCUT2D eigenvalue weighted by Crippen LogP contribution is 2.32. The average Bonchev–Trinajstić information content (AvgIpc) is 3.38. The largest absolute Gasteiger partial charge is 0.490 e. The van der Waals surface area contributed by atoms with Gasteiger partial charge in [0.05, 0.1) is 40.1 Å². The second-order valence-electron chi connectivity index (χ2n) is 10.7. The number of aromatic nitrogens is 1. The van der Waals surface area contributed by atoms with Crippen molar-refractivity contribution < 1.29 is 14.3 Å². The summed E-state index contributed by atoms with van der Waals surface area (Å²) in [7, 11) is 0. The highest BCUT2D eigenvalue weighted by molar-refractivity contribution is 7.07. The maximum Gasteiger partial charge on any atom is 0.271 e. The highest BCUT2D eigenvalue weighted by Gasteiger charge is 2.32. The molecule has 0 radical (unpaired) electrons. The van der Waals surface area contributed by atoms with E-state index < -0.39 is 6.04 Å². The number of ether oxygens (including phenoxy) is 2. The number of allylic oxidation sites excluding steroid dienone is 1. The molecule has 1 atom stereocenters. The molecule has 0 aliphatic carbocycles. The van der Waals surface area contributed by atoms with Crippen LogP contribution in [0.2, 0.25) is 5.02 Å². The van der Waals surface area contributed by atoms with Gasteiger partial charge >= 0.3 is 0 Å². The van der Waals surface area contributed by atoms with Gasteiger partial charge in [0.15, 0.2) is 16.3 Å². The van der Waals surface area contributed by atoms with Crippen LogP contribution in [0.25, 0.3) is 6.08 Å². The molecule has 0 bridgehead atoms. The van der Waals surface area contributed by atoms with Gasteiger partial charge in [-0.1, -0.05) is 77.5 Å². The fourth-order valence-electron chi connectivity index (χ4n) is 5.36. The van der Waals surface area contributed by atoms with Crippen molar-refractivity contribution in [3.8, 4) is 17.6 Å². The average molecular weight is 661 g/mol. The topological polar surface area (TPSA) is 106 Å². The van der Waals surface area contributed by atoms with Crippen LogP contribution in [0.4, 0.5) is 5.69 Å². The van der Waals surface area contributed by atoms with Gasteiger partial charge in [0.25, 0.3) is 11.5 Å². The standard InChI is InChI=1S/C37H29ClN4O4S/c1-3-45-31-19-24(13-18-30(31)46-22-27-10-8-7-9-26(27)21-39)20-32-36(44)42-34(25-14-16-28(38)17-15-25)33(23(2)40-37(42)47-32)35(43)41-29-11-5-4-6-12-29/h4-20,34H,3,22H2,1-2H3,(H,41,43)/b32-20+/t34-/m1/s1. The van der Waals surface area contributed by atoms with Crippen molar-refractivity contribution in [2.45, 2.75) is 26.5 Å². The van der Waals surface area contributed by atoms with Gasteiger partial charge in [0, 0.05) is 16.3 Å². The number of hydrogen-bond donors (Lipinski definition) is 1. The summed E-state index contributed by atoms with van der Waals surface area (Å²) in [5.74, 6) is 0.685. The molecule has 1 N–H and O–H groups in total. The summed E-state index contributed by atoms with van der Waals surface area (Å²) in [5, 5.41) is 12.9. The Bertz CT molecular complexity index is 2220. The maximum atomic E-state index is 14.1. The minimum atomic E-state index is -0.722. The minimum Gasteiger partial charge on any atom is -0.490 e. The lowest BCUT2D eigenvalue weighted by atomic mass is 9.95. The molecule has 0 saturated carbocycles. The monoisotopic (exact) mass is 660 g/mol. The van der Waals surface area contributed by atoms with Crippen LogP contribution in [-0.2, 0) is 11.4 Å². The van der Waals surface area contributed by atoms with Crippen LogP contribution < -0.4 is 29.7 Å². The summed E-state index contributed by atoms with van der Waals surface area (Å²) in [6.45, 7) is 4.27. The van der Waals surface area contributed by atoms with Gasteiger partial charge in [-0.3, -0.25) is 14.2 Å². The van der Waals surface area contributed by atoms with Crippen molar-refractivity contribution in [3.63, 3.8) is 0 Å². The Morgan fingerprint density at radius 3 is 2.51 bits per heavy atom. The number of nitrogens with one attached hydrogen (secondary N) is 1. The van der Waals surface area contributed by atoms with E-state index in [0.29, 0.717) is 55.0 Å². The van der Waals surface area contributed by atoms with Gasteiger partial charge in [-0.05, 0) is 73.5 Å². The number of hydrogen-bond acceptors (Lipinski definition) is 7. The molecule has 0 fully saturated rings. The van der Waals surface area contributed by atoms with Gasteiger partial charge in [-0.2, -0.15) is 5.26 Å². The number of rotatable bonds is 9. The molecule has 1 aliphatic heterocycles. The maximum absolute atomic E-state index is 14.1. The number of thiazole rings is 1. The predicted molar refractivity (Wildman–Crippen MR) is 183 cm³/mol. The number of halogens is 1. The van der Waals surface area contributed by atoms with Crippen molar-refractivity contribution in [2.75, 3.05) is 11.9 Å². The molecule has 1 aliphatic rings. The summed E-state index contributed by atoms with van der Waals surface area (Å²) < 4.78 is 14.0. The van der Waals surface area contributed by atoms with E-state index in [2.05, 4.69) is 11.4 Å². The molecular formula is C37H29ClN4O4S. The van der Waals surface area contributed by atoms with E-state index in [1.165, 1.54) is 11.3 Å². The molecule has 47 heavy (non-hydrogen) atoms. The van der Waals surface area contributed by atoms with Gasteiger partial charge in [0.1, 0.15) is 6.61 Å². The van der Waals surface area contributed by atoms with Crippen LogP contribution in [0.3, 0.4) is 0 Å².